The van der Waals surface area contributed by atoms with E-state index >= 15 is 0 Å². The van der Waals surface area contributed by atoms with Crippen LogP contribution in [0.4, 0.5) is 5.95 Å². The Morgan fingerprint density at radius 2 is 2.16 bits per heavy atom. The van der Waals surface area contributed by atoms with Crippen LogP contribution in [0.5, 0.6) is 0 Å². The van der Waals surface area contributed by atoms with E-state index < -0.39 is 0 Å². The molecule has 106 valence electrons. The summed E-state index contributed by atoms with van der Waals surface area (Å²) >= 11 is 0. The fourth-order valence-electron chi connectivity index (χ4n) is 2.25. The quantitative estimate of drug-likeness (QED) is 0.791. The van der Waals surface area contributed by atoms with Crippen LogP contribution in [-0.4, -0.2) is 42.3 Å². The first-order valence-corrected chi connectivity index (χ1v) is 7.21. The van der Waals surface area contributed by atoms with E-state index in [1.54, 1.807) is 0 Å². The van der Waals surface area contributed by atoms with E-state index in [9.17, 15) is 0 Å². The number of nitrogens with zero attached hydrogens (tertiary/aromatic N) is 3. The van der Waals surface area contributed by atoms with E-state index in [4.69, 9.17) is 4.74 Å². The summed E-state index contributed by atoms with van der Waals surface area (Å²) in [7, 11) is 0. The molecular formula is C14H24N4O. The van der Waals surface area contributed by atoms with Gasteiger partial charge in [0, 0.05) is 31.0 Å². The summed E-state index contributed by atoms with van der Waals surface area (Å²) in [6, 6.07) is 0.401. The van der Waals surface area contributed by atoms with Crippen molar-refractivity contribution in [1.82, 2.24) is 15.3 Å². The van der Waals surface area contributed by atoms with Gasteiger partial charge in [-0.25, -0.2) is 9.97 Å². The second-order valence-corrected chi connectivity index (χ2v) is 4.90. The maximum Gasteiger partial charge on any atom is 0.225 e. The van der Waals surface area contributed by atoms with Crippen LogP contribution in [0.2, 0.25) is 0 Å². The SMILES string of the molecule is CCCNCc1cnc(N2CCOCC2CC)nc1. The molecule has 2 heterocycles. The van der Waals surface area contributed by atoms with Gasteiger partial charge in [0.15, 0.2) is 0 Å². The standard InChI is InChI=1S/C14H24N4O/c1-3-5-15-8-12-9-16-14(17-10-12)18-6-7-19-11-13(18)4-2/h9-10,13,15H,3-8,11H2,1-2H3. The van der Waals surface area contributed by atoms with E-state index in [2.05, 4.69) is 34.0 Å². The summed E-state index contributed by atoms with van der Waals surface area (Å²) in [6.45, 7) is 8.63. The molecule has 1 saturated heterocycles. The van der Waals surface area contributed by atoms with Crippen molar-refractivity contribution >= 4 is 5.95 Å². The van der Waals surface area contributed by atoms with Gasteiger partial charge in [0.25, 0.3) is 0 Å². The number of hydrogen-bond donors (Lipinski definition) is 1. The number of rotatable bonds is 6. The predicted molar refractivity (Wildman–Crippen MR) is 76.3 cm³/mol. The summed E-state index contributed by atoms with van der Waals surface area (Å²) < 4.78 is 5.51. The lowest BCUT2D eigenvalue weighted by molar-refractivity contribution is 0.0921. The van der Waals surface area contributed by atoms with Gasteiger partial charge in [0.05, 0.1) is 19.3 Å². The van der Waals surface area contributed by atoms with Gasteiger partial charge in [0.1, 0.15) is 0 Å². The molecule has 0 radical (unpaired) electrons. The fraction of sp³-hybridized carbons (Fsp3) is 0.714. The minimum Gasteiger partial charge on any atom is -0.377 e. The molecule has 1 N–H and O–H groups in total. The first-order valence-electron chi connectivity index (χ1n) is 7.21. The highest BCUT2D eigenvalue weighted by atomic mass is 16.5. The van der Waals surface area contributed by atoms with Crippen LogP contribution in [0.15, 0.2) is 12.4 Å². The smallest absolute Gasteiger partial charge is 0.225 e. The Kier molecular flexibility index (Phi) is 5.54. The molecule has 2 rings (SSSR count). The first-order chi connectivity index (χ1) is 9.35. The van der Waals surface area contributed by atoms with Crippen LogP contribution < -0.4 is 10.2 Å². The van der Waals surface area contributed by atoms with Crippen LogP contribution in [0.25, 0.3) is 0 Å². The first kappa shape index (κ1) is 14.2. The molecule has 5 heteroatoms. The second kappa shape index (κ2) is 7.40. The number of nitrogens with one attached hydrogen (secondary N) is 1. The van der Waals surface area contributed by atoms with Gasteiger partial charge in [-0.2, -0.15) is 0 Å². The van der Waals surface area contributed by atoms with Crippen molar-refractivity contribution in [2.45, 2.75) is 39.3 Å². The van der Waals surface area contributed by atoms with Crippen molar-refractivity contribution in [3.63, 3.8) is 0 Å². The van der Waals surface area contributed by atoms with Crippen LogP contribution in [-0.2, 0) is 11.3 Å². The third kappa shape index (κ3) is 3.88. The number of aromatic nitrogens is 2. The normalized spacial score (nSPS) is 19.7. The zero-order valence-electron chi connectivity index (χ0n) is 11.9. The monoisotopic (exact) mass is 264 g/mol. The highest BCUT2D eigenvalue weighted by Gasteiger charge is 2.23. The molecule has 0 saturated carbocycles. The van der Waals surface area contributed by atoms with Crippen LogP contribution >= 0.6 is 0 Å². The number of morpholine rings is 1. The third-order valence-corrected chi connectivity index (χ3v) is 3.40. The summed E-state index contributed by atoms with van der Waals surface area (Å²) in [5.74, 6) is 0.828. The Balaban J connectivity index is 1.96. The van der Waals surface area contributed by atoms with Crippen molar-refractivity contribution in [3.05, 3.63) is 18.0 Å². The molecule has 19 heavy (non-hydrogen) atoms. The third-order valence-electron chi connectivity index (χ3n) is 3.40. The Labute approximate surface area is 115 Å². The molecule has 1 aromatic heterocycles. The Morgan fingerprint density at radius 3 is 2.84 bits per heavy atom. The lowest BCUT2D eigenvalue weighted by Crippen LogP contribution is -2.46. The van der Waals surface area contributed by atoms with Crippen LogP contribution in [0.1, 0.15) is 32.3 Å². The van der Waals surface area contributed by atoms with E-state index in [-0.39, 0.29) is 0 Å². The Bertz CT molecular complexity index is 368. The molecule has 1 aromatic rings. The van der Waals surface area contributed by atoms with Crippen molar-refractivity contribution in [2.75, 3.05) is 31.2 Å². The zero-order chi connectivity index (χ0) is 13.5. The summed E-state index contributed by atoms with van der Waals surface area (Å²) in [4.78, 5) is 11.3. The van der Waals surface area contributed by atoms with E-state index in [0.717, 1.165) is 57.2 Å². The molecular weight excluding hydrogens is 240 g/mol. The lowest BCUT2D eigenvalue weighted by atomic mass is 10.2. The van der Waals surface area contributed by atoms with Crippen molar-refractivity contribution in [1.29, 1.82) is 0 Å². The molecule has 0 spiro atoms. The molecule has 1 unspecified atom stereocenters. The molecule has 1 fully saturated rings. The van der Waals surface area contributed by atoms with Crippen molar-refractivity contribution in [2.24, 2.45) is 0 Å². The number of hydrogen-bond acceptors (Lipinski definition) is 5. The summed E-state index contributed by atoms with van der Waals surface area (Å²) in [5.41, 5.74) is 1.14. The maximum absolute atomic E-state index is 5.51. The topological polar surface area (TPSA) is 50.3 Å². The Hall–Kier alpha value is -1.20. The average molecular weight is 264 g/mol. The molecule has 0 bridgehead atoms. The van der Waals surface area contributed by atoms with Gasteiger partial charge >= 0.3 is 0 Å². The second-order valence-electron chi connectivity index (χ2n) is 4.90. The van der Waals surface area contributed by atoms with Gasteiger partial charge in [-0.05, 0) is 19.4 Å². The number of anilines is 1. The minimum atomic E-state index is 0.401. The highest BCUT2D eigenvalue weighted by molar-refractivity contribution is 5.32. The maximum atomic E-state index is 5.51. The largest absolute Gasteiger partial charge is 0.377 e. The molecule has 0 aromatic carbocycles. The van der Waals surface area contributed by atoms with Gasteiger partial charge in [0.2, 0.25) is 5.95 Å². The minimum absolute atomic E-state index is 0.401. The highest BCUT2D eigenvalue weighted by Crippen LogP contribution is 2.16. The van der Waals surface area contributed by atoms with Gasteiger partial charge in [-0.15, -0.1) is 0 Å². The molecule has 1 aliphatic heterocycles. The van der Waals surface area contributed by atoms with Gasteiger partial charge < -0.3 is 15.0 Å². The molecule has 0 aliphatic carbocycles. The number of ether oxygens (including phenoxy) is 1. The van der Waals surface area contributed by atoms with E-state index in [0.29, 0.717) is 6.04 Å². The van der Waals surface area contributed by atoms with Crippen LogP contribution in [0, 0.1) is 0 Å². The van der Waals surface area contributed by atoms with Crippen LogP contribution in [0.3, 0.4) is 0 Å². The summed E-state index contributed by atoms with van der Waals surface area (Å²) in [6.07, 6.45) is 6.05. The predicted octanol–water partition coefficient (Wildman–Crippen LogP) is 1.59. The van der Waals surface area contributed by atoms with Gasteiger partial charge in [-0.3, -0.25) is 0 Å². The van der Waals surface area contributed by atoms with E-state index in [1.165, 1.54) is 0 Å². The average Bonchev–Trinajstić information content (AvgIpc) is 2.48. The van der Waals surface area contributed by atoms with E-state index in [1.807, 2.05) is 12.4 Å². The molecule has 0 amide bonds. The van der Waals surface area contributed by atoms with Gasteiger partial charge in [-0.1, -0.05) is 13.8 Å². The zero-order valence-corrected chi connectivity index (χ0v) is 11.9. The summed E-state index contributed by atoms with van der Waals surface area (Å²) in [5, 5.41) is 3.36. The fourth-order valence-corrected chi connectivity index (χ4v) is 2.25. The molecule has 5 nitrogen and oxygen atoms in total. The molecule has 1 atom stereocenters. The Morgan fingerprint density at radius 1 is 1.37 bits per heavy atom. The van der Waals surface area contributed by atoms with Crippen molar-refractivity contribution < 1.29 is 4.74 Å². The van der Waals surface area contributed by atoms with Crippen molar-refractivity contribution in [3.8, 4) is 0 Å². The molecule has 1 aliphatic rings. The lowest BCUT2D eigenvalue weighted by Gasteiger charge is -2.35.